The predicted molar refractivity (Wildman–Crippen MR) is 38.3 cm³/mol. The minimum Gasteiger partial charge on any atom is -0.390 e. The van der Waals surface area contributed by atoms with Crippen LogP contribution in [-0.4, -0.2) is 20.1 Å². The number of aliphatic hydroxyl groups excluding tert-OH is 1. The number of hydrogen-bond acceptors (Lipinski definition) is 3. The molecule has 1 aromatic rings. The molecule has 4 heteroatoms. The monoisotopic (exact) mass is 143 g/mol. The molecule has 1 heterocycles. The van der Waals surface area contributed by atoms with Crippen LogP contribution in [-0.2, 0) is 13.7 Å². The Hall–Kier alpha value is -0.900. The molecule has 0 atom stereocenters. The predicted octanol–water partition coefficient (Wildman–Crippen LogP) is 0.334. The number of aliphatic hydroxyl groups is 1. The zero-order valence-electron chi connectivity index (χ0n) is 6.57. The zero-order valence-corrected chi connectivity index (χ0v) is 6.57. The first kappa shape index (κ1) is 9.10. The molecule has 4 nitrogen and oxygen atoms in total. The van der Waals surface area contributed by atoms with Crippen molar-refractivity contribution >= 4 is 0 Å². The number of hydrogen-bond donors (Lipinski definition) is 1. The van der Waals surface area contributed by atoms with Crippen LogP contribution in [0.25, 0.3) is 0 Å². The second-order valence-electron chi connectivity index (χ2n) is 1.54. The summed E-state index contributed by atoms with van der Waals surface area (Å²) in [4.78, 5) is 0. The maximum Gasteiger partial charge on any atom is 0.108 e. The van der Waals surface area contributed by atoms with Crippen molar-refractivity contribution < 1.29 is 5.11 Å². The third-order valence-electron chi connectivity index (χ3n) is 0.812. The van der Waals surface area contributed by atoms with Gasteiger partial charge in [0.15, 0.2) is 0 Å². The van der Waals surface area contributed by atoms with Crippen molar-refractivity contribution in [3.63, 3.8) is 0 Å². The Labute approximate surface area is 60.5 Å². The van der Waals surface area contributed by atoms with E-state index in [0.717, 1.165) is 0 Å². The van der Waals surface area contributed by atoms with Gasteiger partial charge in [0.25, 0.3) is 0 Å². The normalized spacial score (nSPS) is 8.40. The molecule has 1 rings (SSSR count). The fourth-order valence-electron chi connectivity index (χ4n) is 0.468. The largest absolute Gasteiger partial charge is 0.390 e. The van der Waals surface area contributed by atoms with E-state index < -0.39 is 0 Å². The molecule has 0 fully saturated rings. The van der Waals surface area contributed by atoms with Gasteiger partial charge in [0.05, 0.1) is 12.8 Å². The Morgan fingerprint density at radius 2 is 2.20 bits per heavy atom. The van der Waals surface area contributed by atoms with Crippen LogP contribution in [0.4, 0.5) is 0 Å². The Morgan fingerprint density at radius 1 is 1.60 bits per heavy atom. The number of rotatable bonds is 1. The van der Waals surface area contributed by atoms with Gasteiger partial charge in [-0.1, -0.05) is 19.1 Å². The molecule has 0 saturated heterocycles. The quantitative estimate of drug-likeness (QED) is 0.616. The summed E-state index contributed by atoms with van der Waals surface area (Å²) < 4.78 is 1.55. The van der Waals surface area contributed by atoms with E-state index in [1.54, 1.807) is 17.9 Å². The average Bonchev–Trinajstić information content (AvgIpc) is 2.40. The molecule has 0 radical (unpaired) electrons. The molecule has 0 unspecified atom stereocenters. The molecule has 0 aromatic carbocycles. The standard InChI is InChI=1S/C4H7N3O.C2H6/c1-7-2-4(3-8)5-6-7;1-2/h2,8H,3H2,1H3;1-2H3. The van der Waals surface area contributed by atoms with E-state index in [1.165, 1.54) is 0 Å². The van der Waals surface area contributed by atoms with Crippen LogP contribution >= 0.6 is 0 Å². The summed E-state index contributed by atoms with van der Waals surface area (Å²) in [5.41, 5.74) is 0.604. The average molecular weight is 143 g/mol. The smallest absolute Gasteiger partial charge is 0.108 e. The van der Waals surface area contributed by atoms with Gasteiger partial charge < -0.3 is 5.11 Å². The van der Waals surface area contributed by atoms with Crippen molar-refractivity contribution in [2.75, 3.05) is 0 Å². The van der Waals surface area contributed by atoms with Crippen molar-refractivity contribution in [1.82, 2.24) is 15.0 Å². The van der Waals surface area contributed by atoms with Crippen molar-refractivity contribution in [3.05, 3.63) is 11.9 Å². The molecule has 0 spiro atoms. The first-order valence-corrected chi connectivity index (χ1v) is 3.29. The Kier molecular flexibility index (Phi) is 4.49. The van der Waals surface area contributed by atoms with Crippen LogP contribution < -0.4 is 0 Å². The number of nitrogens with zero attached hydrogens (tertiary/aromatic N) is 3. The van der Waals surface area contributed by atoms with Gasteiger partial charge in [-0.2, -0.15) is 0 Å². The van der Waals surface area contributed by atoms with E-state index >= 15 is 0 Å². The molecule has 1 aromatic heterocycles. The summed E-state index contributed by atoms with van der Waals surface area (Å²) in [6.45, 7) is 3.97. The number of aromatic nitrogens is 3. The van der Waals surface area contributed by atoms with Crippen molar-refractivity contribution in [2.24, 2.45) is 7.05 Å². The Morgan fingerprint density at radius 3 is 2.40 bits per heavy atom. The lowest BCUT2D eigenvalue weighted by atomic mass is 10.5. The molecule has 0 bridgehead atoms. The first-order chi connectivity index (χ1) is 4.83. The van der Waals surface area contributed by atoms with Crippen molar-refractivity contribution in [1.29, 1.82) is 0 Å². The highest BCUT2D eigenvalue weighted by molar-refractivity contribution is 4.87. The van der Waals surface area contributed by atoms with E-state index in [0.29, 0.717) is 5.69 Å². The molecule has 0 aliphatic rings. The summed E-state index contributed by atoms with van der Waals surface area (Å²) in [7, 11) is 1.76. The highest BCUT2D eigenvalue weighted by atomic mass is 16.3. The van der Waals surface area contributed by atoms with Gasteiger partial charge in [0, 0.05) is 7.05 Å². The molecule has 0 aliphatic heterocycles. The third kappa shape index (κ3) is 2.59. The van der Waals surface area contributed by atoms with Gasteiger partial charge in [-0.3, -0.25) is 4.68 Å². The van der Waals surface area contributed by atoms with Gasteiger partial charge in [0.2, 0.25) is 0 Å². The Balaban J connectivity index is 0.000000371. The topological polar surface area (TPSA) is 50.9 Å². The zero-order chi connectivity index (χ0) is 7.98. The maximum atomic E-state index is 8.44. The lowest BCUT2D eigenvalue weighted by Crippen LogP contribution is -1.85. The van der Waals surface area contributed by atoms with Crippen LogP contribution in [0.3, 0.4) is 0 Å². The summed E-state index contributed by atoms with van der Waals surface area (Å²) in [5.74, 6) is 0. The van der Waals surface area contributed by atoms with E-state index in [-0.39, 0.29) is 6.61 Å². The molecule has 1 N–H and O–H groups in total. The lowest BCUT2D eigenvalue weighted by Gasteiger charge is -1.78. The van der Waals surface area contributed by atoms with E-state index in [9.17, 15) is 0 Å². The summed E-state index contributed by atoms with van der Waals surface area (Å²) >= 11 is 0. The van der Waals surface area contributed by atoms with E-state index in [2.05, 4.69) is 10.3 Å². The van der Waals surface area contributed by atoms with Gasteiger partial charge in [0.1, 0.15) is 5.69 Å². The highest BCUT2D eigenvalue weighted by Gasteiger charge is 1.91. The fourth-order valence-corrected chi connectivity index (χ4v) is 0.468. The van der Waals surface area contributed by atoms with Gasteiger partial charge in [-0.05, 0) is 0 Å². The molecule has 0 saturated carbocycles. The van der Waals surface area contributed by atoms with E-state index in [4.69, 9.17) is 5.11 Å². The van der Waals surface area contributed by atoms with E-state index in [1.807, 2.05) is 13.8 Å². The van der Waals surface area contributed by atoms with Crippen LogP contribution in [0.1, 0.15) is 19.5 Å². The van der Waals surface area contributed by atoms with Crippen molar-refractivity contribution in [2.45, 2.75) is 20.5 Å². The third-order valence-corrected chi connectivity index (χ3v) is 0.812. The van der Waals surface area contributed by atoms with Crippen LogP contribution in [0.5, 0.6) is 0 Å². The molecular weight excluding hydrogens is 130 g/mol. The molecule has 10 heavy (non-hydrogen) atoms. The number of aryl methyl sites for hydroxylation is 1. The summed E-state index contributed by atoms with van der Waals surface area (Å²) in [6.07, 6.45) is 1.67. The second-order valence-corrected chi connectivity index (χ2v) is 1.54. The van der Waals surface area contributed by atoms with Crippen LogP contribution in [0, 0.1) is 0 Å². The minimum atomic E-state index is -0.0339. The summed E-state index contributed by atoms with van der Waals surface area (Å²) in [5, 5.41) is 15.6. The van der Waals surface area contributed by atoms with Gasteiger partial charge in [-0.25, -0.2) is 0 Å². The Bertz CT molecular complexity index is 173. The molecule has 0 aliphatic carbocycles. The maximum absolute atomic E-state index is 8.44. The second kappa shape index (κ2) is 4.93. The van der Waals surface area contributed by atoms with Gasteiger partial charge >= 0.3 is 0 Å². The highest BCUT2D eigenvalue weighted by Crippen LogP contribution is 1.87. The molecular formula is C6H13N3O. The SMILES string of the molecule is CC.Cn1cc(CO)nn1. The summed E-state index contributed by atoms with van der Waals surface area (Å²) in [6, 6.07) is 0. The minimum absolute atomic E-state index is 0.0339. The first-order valence-electron chi connectivity index (χ1n) is 3.29. The fraction of sp³-hybridized carbons (Fsp3) is 0.667. The molecule has 58 valence electrons. The van der Waals surface area contributed by atoms with Gasteiger partial charge in [-0.15, -0.1) is 5.10 Å². The van der Waals surface area contributed by atoms with Crippen molar-refractivity contribution in [3.8, 4) is 0 Å². The van der Waals surface area contributed by atoms with Crippen LogP contribution in [0.15, 0.2) is 6.20 Å². The lowest BCUT2D eigenvalue weighted by molar-refractivity contribution is 0.276. The molecule has 0 amide bonds. The van der Waals surface area contributed by atoms with Crippen LogP contribution in [0.2, 0.25) is 0 Å².